The molecular formula is C46H33N3S. The third kappa shape index (κ3) is 5.40. The number of rotatable bonds is 6. The first-order valence-corrected chi connectivity index (χ1v) is 17.7. The van der Waals surface area contributed by atoms with Crippen LogP contribution < -0.4 is 0 Å². The maximum Gasteiger partial charge on any atom is 0.168 e. The predicted molar refractivity (Wildman–Crippen MR) is 211 cm³/mol. The Balaban J connectivity index is 1.20. The molecule has 0 unspecified atom stereocenters. The minimum absolute atomic E-state index is 0.811. The molecule has 0 atom stereocenters. The van der Waals surface area contributed by atoms with Gasteiger partial charge in [-0.2, -0.15) is 0 Å². The lowest BCUT2D eigenvalue weighted by atomic mass is 9.94. The maximum atomic E-state index is 4.73. The predicted octanol–water partition coefficient (Wildman–Crippen LogP) is 12.6. The van der Waals surface area contributed by atoms with Crippen molar-refractivity contribution in [3.63, 3.8) is 0 Å². The van der Waals surface area contributed by atoms with Gasteiger partial charge in [0.25, 0.3) is 0 Å². The molecule has 0 spiro atoms. The fourth-order valence-corrected chi connectivity index (χ4v) is 8.00. The number of benzene rings is 7. The maximum absolute atomic E-state index is 4.73. The monoisotopic (exact) mass is 659 g/mol. The van der Waals surface area contributed by atoms with E-state index in [4.69, 9.17) is 5.10 Å². The van der Waals surface area contributed by atoms with Crippen LogP contribution >= 0.6 is 11.3 Å². The first kappa shape index (κ1) is 30.0. The first-order chi connectivity index (χ1) is 24.6. The zero-order valence-corrected chi connectivity index (χ0v) is 28.7. The van der Waals surface area contributed by atoms with Crippen molar-refractivity contribution in [3.8, 4) is 61.8 Å². The fourth-order valence-electron chi connectivity index (χ4n) is 6.80. The number of fused-ring (bicyclic) bond motifs is 3. The number of para-hydroxylation sites is 1. The topological polar surface area (TPSA) is 30.7 Å². The number of hydrogen-bond donors (Lipinski definition) is 0. The van der Waals surface area contributed by atoms with Gasteiger partial charge in [0.15, 0.2) is 11.6 Å². The molecule has 0 N–H and O–H groups in total. The van der Waals surface area contributed by atoms with Crippen LogP contribution in [0.1, 0.15) is 11.1 Å². The molecule has 0 aliphatic rings. The molecule has 0 saturated heterocycles. The molecule has 0 radical (unpaired) electrons. The standard InChI is InChI=1S/C46H33N3S/c1-30-13-17-32(18-14-30)37-25-26-43-41(27-37)42-29-38(33-19-15-31(2)16-20-33)28-40(44(42)50-43)34-21-23-36(24-22-34)46-48-47-45(35-9-5-3-6-10-35)49(46)39-11-7-4-8-12-39/h3-29H,1-2H3. The van der Waals surface area contributed by atoms with Crippen LogP contribution in [0.5, 0.6) is 0 Å². The van der Waals surface area contributed by atoms with Crippen LogP contribution in [-0.2, 0) is 0 Å². The Bertz CT molecular complexity index is 2620. The molecule has 9 aromatic rings. The van der Waals surface area contributed by atoms with Crippen molar-refractivity contribution < 1.29 is 0 Å². The Hall–Kier alpha value is -6.10. The summed E-state index contributed by atoms with van der Waals surface area (Å²) in [6.07, 6.45) is 0. The Morgan fingerprint density at radius 3 is 1.56 bits per heavy atom. The molecule has 50 heavy (non-hydrogen) atoms. The fraction of sp³-hybridized carbons (Fsp3) is 0.0435. The molecule has 0 bridgehead atoms. The molecule has 2 aromatic heterocycles. The van der Waals surface area contributed by atoms with Crippen LogP contribution in [-0.4, -0.2) is 14.8 Å². The molecule has 9 rings (SSSR count). The number of thiophene rings is 1. The van der Waals surface area contributed by atoms with E-state index in [1.807, 2.05) is 35.6 Å². The summed E-state index contributed by atoms with van der Waals surface area (Å²) in [6.45, 7) is 4.27. The molecule has 7 aromatic carbocycles. The van der Waals surface area contributed by atoms with Crippen LogP contribution in [0.25, 0.3) is 82.0 Å². The van der Waals surface area contributed by atoms with E-state index in [9.17, 15) is 0 Å². The number of nitrogens with zero attached hydrogens (tertiary/aromatic N) is 3. The number of aryl methyl sites for hydroxylation is 2. The zero-order chi connectivity index (χ0) is 33.6. The van der Waals surface area contributed by atoms with Gasteiger partial charge in [0.05, 0.1) is 0 Å². The van der Waals surface area contributed by atoms with Crippen LogP contribution in [0.4, 0.5) is 0 Å². The summed E-state index contributed by atoms with van der Waals surface area (Å²) < 4.78 is 4.74. The summed E-state index contributed by atoms with van der Waals surface area (Å²) in [4.78, 5) is 0. The van der Waals surface area contributed by atoms with Crippen molar-refractivity contribution in [2.45, 2.75) is 13.8 Å². The van der Waals surface area contributed by atoms with Gasteiger partial charge < -0.3 is 0 Å². The van der Waals surface area contributed by atoms with Gasteiger partial charge in [0, 0.05) is 42.6 Å². The van der Waals surface area contributed by atoms with Crippen LogP contribution in [0.2, 0.25) is 0 Å². The van der Waals surface area contributed by atoms with Gasteiger partial charge in [0.2, 0.25) is 0 Å². The zero-order valence-electron chi connectivity index (χ0n) is 27.8. The van der Waals surface area contributed by atoms with Crippen molar-refractivity contribution in [1.29, 1.82) is 0 Å². The smallest absolute Gasteiger partial charge is 0.168 e. The summed E-state index contributed by atoms with van der Waals surface area (Å²) >= 11 is 1.87. The van der Waals surface area contributed by atoms with Crippen molar-refractivity contribution in [2.24, 2.45) is 0 Å². The molecule has 3 nitrogen and oxygen atoms in total. The molecular weight excluding hydrogens is 627 g/mol. The molecule has 0 aliphatic heterocycles. The first-order valence-electron chi connectivity index (χ1n) is 16.9. The van der Waals surface area contributed by atoms with E-state index in [-0.39, 0.29) is 0 Å². The van der Waals surface area contributed by atoms with Gasteiger partial charge in [0.1, 0.15) is 0 Å². The van der Waals surface area contributed by atoms with E-state index in [0.29, 0.717) is 0 Å². The van der Waals surface area contributed by atoms with Crippen molar-refractivity contribution in [2.75, 3.05) is 0 Å². The average Bonchev–Trinajstić information content (AvgIpc) is 3.78. The second-order valence-electron chi connectivity index (χ2n) is 12.9. The quantitative estimate of drug-likeness (QED) is 0.178. The van der Waals surface area contributed by atoms with E-state index in [0.717, 1.165) is 28.5 Å². The van der Waals surface area contributed by atoms with Crippen molar-refractivity contribution >= 4 is 31.5 Å². The average molecular weight is 660 g/mol. The largest absolute Gasteiger partial charge is 0.275 e. The third-order valence-electron chi connectivity index (χ3n) is 9.50. The summed E-state index contributed by atoms with van der Waals surface area (Å²) in [5.74, 6) is 1.63. The Morgan fingerprint density at radius 2 is 0.920 bits per heavy atom. The van der Waals surface area contributed by atoms with Crippen LogP contribution in [0.15, 0.2) is 164 Å². The minimum Gasteiger partial charge on any atom is -0.275 e. The second kappa shape index (κ2) is 12.4. The van der Waals surface area contributed by atoms with E-state index in [1.165, 1.54) is 64.7 Å². The van der Waals surface area contributed by atoms with Gasteiger partial charge in [-0.05, 0) is 78.1 Å². The highest BCUT2D eigenvalue weighted by Crippen LogP contribution is 2.44. The molecule has 0 fully saturated rings. The van der Waals surface area contributed by atoms with E-state index in [1.54, 1.807) is 0 Å². The van der Waals surface area contributed by atoms with Gasteiger partial charge in [-0.1, -0.05) is 139 Å². The Labute approximate surface area is 295 Å². The highest BCUT2D eigenvalue weighted by Gasteiger charge is 2.19. The highest BCUT2D eigenvalue weighted by molar-refractivity contribution is 7.26. The second-order valence-corrected chi connectivity index (χ2v) is 14.0. The summed E-state index contributed by atoms with van der Waals surface area (Å²) in [7, 11) is 0. The van der Waals surface area contributed by atoms with E-state index >= 15 is 0 Å². The van der Waals surface area contributed by atoms with Crippen molar-refractivity contribution in [3.05, 3.63) is 175 Å². The molecule has 0 amide bonds. The Kier molecular flexibility index (Phi) is 7.45. The number of hydrogen-bond acceptors (Lipinski definition) is 3. The van der Waals surface area contributed by atoms with Crippen LogP contribution in [0, 0.1) is 13.8 Å². The molecule has 4 heteroatoms. The molecule has 238 valence electrons. The Morgan fingerprint density at radius 1 is 0.420 bits per heavy atom. The summed E-state index contributed by atoms with van der Waals surface area (Å²) in [5.41, 5.74) is 12.9. The van der Waals surface area contributed by atoms with Gasteiger partial charge >= 0.3 is 0 Å². The van der Waals surface area contributed by atoms with Gasteiger partial charge in [-0.15, -0.1) is 21.5 Å². The van der Waals surface area contributed by atoms with Gasteiger partial charge in [-0.25, -0.2) is 0 Å². The summed E-state index contributed by atoms with van der Waals surface area (Å²) in [6, 6.07) is 58.8. The molecule has 0 saturated carbocycles. The van der Waals surface area contributed by atoms with E-state index in [2.05, 4.69) is 163 Å². The van der Waals surface area contributed by atoms with E-state index < -0.39 is 0 Å². The molecule has 2 heterocycles. The highest BCUT2D eigenvalue weighted by atomic mass is 32.1. The molecule has 0 aliphatic carbocycles. The number of aromatic nitrogens is 3. The third-order valence-corrected chi connectivity index (χ3v) is 10.7. The SMILES string of the molecule is Cc1ccc(-c2ccc3sc4c(-c5ccc(-c6nnc(-c7ccccc7)n6-c6ccccc6)cc5)cc(-c5ccc(C)cc5)cc4c3c2)cc1. The lowest BCUT2D eigenvalue weighted by Crippen LogP contribution is -2.00. The lowest BCUT2D eigenvalue weighted by molar-refractivity contribution is 1.07. The van der Waals surface area contributed by atoms with Crippen LogP contribution in [0.3, 0.4) is 0 Å². The van der Waals surface area contributed by atoms with Gasteiger partial charge in [-0.3, -0.25) is 4.57 Å². The normalized spacial score (nSPS) is 11.4. The lowest BCUT2D eigenvalue weighted by Gasteiger charge is -2.12. The summed E-state index contributed by atoms with van der Waals surface area (Å²) in [5, 5.41) is 12.0. The minimum atomic E-state index is 0.811. The van der Waals surface area contributed by atoms with Crippen molar-refractivity contribution in [1.82, 2.24) is 14.8 Å².